The van der Waals surface area contributed by atoms with Gasteiger partial charge in [0, 0.05) is 19.7 Å². The smallest absolute Gasteiger partial charge is 0.317 e. The topological polar surface area (TPSA) is 41.6 Å². The van der Waals surface area contributed by atoms with E-state index in [0.717, 1.165) is 32.5 Å². The molecule has 74 valence electrons. The van der Waals surface area contributed by atoms with Crippen molar-refractivity contribution in [3.8, 4) is 0 Å². The maximum atomic E-state index is 11.5. The van der Waals surface area contributed by atoms with E-state index >= 15 is 0 Å². The summed E-state index contributed by atoms with van der Waals surface area (Å²) >= 11 is 0. The van der Waals surface area contributed by atoms with Gasteiger partial charge in [-0.25, -0.2) is 4.79 Å². The van der Waals surface area contributed by atoms with Crippen LogP contribution in [0.5, 0.6) is 0 Å². The first-order valence-corrected chi connectivity index (χ1v) is 4.94. The number of urea groups is 1. The predicted molar refractivity (Wildman–Crippen MR) is 48.5 cm³/mol. The van der Waals surface area contributed by atoms with Crippen molar-refractivity contribution in [2.45, 2.75) is 31.9 Å². The van der Waals surface area contributed by atoms with Crippen LogP contribution in [-0.2, 0) is 4.74 Å². The van der Waals surface area contributed by atoms with E-state index in [0.29, 0.717) is 0 Å². The fourth-order valence-corrected chi connectivity index (χ4v) is 1.69. The molecule has 2 fully saturated rings. The SMILES string of the molecule is CC1OCCC1NC(=O)N1CCC1. The van der Waals surface area contributed by atoms with Crippen LogP contribution in [-0.4, -0.2) is 42.8 Å². The Hall–Kier alpha value is -0.770. The van der Waals surface area contributed by atoms with Gasteiger partial charge in [0.15, 0.2) is 0 Å². The average Bonchev–Trinajstić information content (AvgIpc) is 2.32. The molecule has 0 aromatic heterocycles. The van der Waals surface area contributed by atoms with Crippen LogP contribution in [0, 0.1) is 0 Å². The third kappa shape index (κ3) is 1.77. The van der Waals surface area contributed by atoms with Crippen LogP contribution < -0.4 is 5.32 Å². The molecule has 2 aliphatic heterocycles. The second-order valence-electron chi connectivity index (χ2n) is 3.76. The van der Waals surface area contributed by atoms with Gasteiger partial charge in [-0.3, -0.25) is 0 Å². The van der Waals surface area contributed by atoms with Crippen LogP contribution in [0.3, 0.4) is 0 Å². The molecule has 2 rings (SSSR count). The summed E-state index contributed by atoms with van der Waals surface area (Å²) in [6, 6.07) is 0.293. The molecule has 0 radical (unpaired) electrons. The lowest BCUT2D eigenvalue weighted by Gasteiger charge is -2.32. The van der Waals surface area contributed by atoms with Gasteiger partial charge in [0.1, 0.15) is 0 Å². The summed E-state index contributed by atoms with van der Waals surface area (Å²) < 4.78 is 5.36. The normalized spacial score (nSPS) is 32.8. The van der Waals surface area contributed by atoms with Gasteiger partial charge in [-0.2, -0.15) is 0 Å². The van der Waals surface area contributed by atoms with E-state index in [-0.39, 0.29) is 18.2 Å². The number of ether oxygens (including phenoxy) is 1. The van der Waals surface area contributed by atoms with Crippen LogP contribution in [0.15, 0.2) is 0 Å². The van der Waals surface area contributed by atoms with Gasteiger partial charge in [-0.15, -0.1) is 0 Å². The number of carbonyl (C=O) groups excluding carboxylic acids is 1. The van der Waals surface area contributed by atoms with E-state index < -0.39 is 0 Å². The van der Waals surface area contributed by atoms with Gasteiger partial charge in [-0.1, -0.05) is 0 Å². The lowest BCUT2D eigenvalue weighted by Crippen LogP contribution is -2.52. The Morgan fingerprint density at radius 1 is 1.54 bits per heavy atom. The fourth-order valence-electron chi connectivity index (χ4n) is 1.69. The van der Waals surface area contributed by atoms with Gasteiger partial charge in [0.05, 0.1) is 12.1 Å². The zero-order valence-corrected chi connectivity index (χ0v) is 7.95. The Kier molecular flexibility index (Phi) is 2.40. The molecule has 0 spiro atoms. The molecular formula is C9H16N2O2. The Bertz CT molecular complexity index is 204. The highest BCUT2D eigenvalue weighted by Gasteiger charge is 2.28. The third-order valence-corrected chi connectivity index (χ3v) is 2.83. The molecule has 4 nitrogen and oxygen atoms in total. The summed E-state index contributed by atoms with van der Waals surface area (Å²) in [4.78, 5) is 13.3. The summed E-state index contributed by atoms with van der Waals surface area (Å²) in [6.45, 7) is 4.60. The van der Waals surface area contributed by atoms with Gasteiger partial charge >= 0.3 is 6.03 Å². The molecule has 1 N–H and O–H groups in total. The lowest BCUT2D eigenvalue weighted by molar-refractivity contribution is 0.109. The van der Waals surface area contributed by atoms with Crippen molar-refractivity contribution in [1.29, 1.82) is 0 Å². The Morgan fingerprint density at radius 3 is 2.77 bits per heavy atom. The summed E-state index contributed by atoms with van der Waals surface area (Å²) in [5, 5.41) is 2.99. The first-order valence-electron chi connectivity index (χ1n) is 4.94. The van der Waals surface area contributed by atoms with E-state index in [1.165, 1.54) is 0 Å². The summed E-state index contributed by atoms with van der Waals surface area (Å²) in [5.41, 5.74) is 0. The van der Waals surface area contributed by atoms with Crippen molar-refractivity contribution in [2.24, 2.45) is 0 Å². The first kappa shape index (κ1) is 8.81. The molecular weight excluding hydrogens is 168 g/mol. The van der Waals surface area contributed by atoms with Crippen LogP contribution in [0.25, 0.3) is 0 Å². The predicted octanol–water partition coefficient (Wildman–Crippen LogP) is 0.579. The average molecular weight is 184 g/mol. The molecule has 13 heavy (non-hydrogen) atoms. The standard InChI is InChI=1S/C9H16N2O2/c1-7-8(3-6-13-7)10-9(12)11-4-2-5-11/h7-8H,2-6H2,1H3,(H,10,12). The molecule has 2 heterocycles. The van der Waals surface area contributed by atoms with Gasteiger partial charge < -0.3 is 15.0 Å². The molecule has 2 atom stereocenters. The Labute approximate surface area is 78.2 Å². The van der Waals surface area contributed by atoms with Gasteiger partial charge in [0.25, 0.3) is 0 Å². The van der Waals surface area contributed by atoms with Crippen molar-refractivity contribution in [3.63, 3.8) is 0 Å². The molecule has 0 saturated carbocycles. The van der Waals surface area contributed by atoms with Crippen molar-refractivity contribution in [3.05, 3.63) is 0 Å². The maximum Gasteiger partial charge on any atom is 0.317 e. The molecule has 4 heteroatoms. The van der Waals surface area contributed by atoms with E-state index in [1.54, 1.807) is 0 Å². The number of rotatable bonds is 1. The largest absolute Gasteiger partial charge is 0.376 e. The highest BCUT2D eigenvalue weighted by molar-refractivity contribution is 5.75. The van der Waals surface area contributed by atoms with E-state index in [9.17, 15) is 4.79 Å². The molecule has 0 aromatic carbocycles. The second-order valence-corrected chi connectivity index (χ2v) is 3.76. The molecule has 2 amide bonds. The minimum Gasteiger partial charge on any atom is -0.376 e. The summed E-state index contributed by atoms with van der Waals surface area (Å²) in [6.07, 6.45) is 2.26. The van der Waals surface area contributed by atoms with Crippen LogP contribution in [0.4, 0.5) is 4.79 Å². The minimum absolute atomic E-state index is 0.0774. The number of hydrogen-bond acceptors (Lipinski definition) is 2. The second kappa shape index (κ2) is 3.54. The lowest BCUT2D eigenvalue weighted by atomic mass is 10.1. The molecule has 0 aromatic rings. The van der Waals surface area contributed by atoms with Gasteiger partial charge in [-0.05, 0) is 19.8 Å². The van der Waals surface area contributed by atoms with Crippen molar-refractivity contribution < 1.29 is 9.53 Å². The number of amides is 2. The number of carbonyl (C=O) groups is 1. The highest BCUT2D eigenvalue weighted by Crippen LogP contribution is 2.14. The quantitative estimate of drug-likeness (QED) is 0.647. The number of likely N-dealkylation sites (tertiary alicyclic amines) is 1. The maximum absolute atomic E-state index is 11.5. The van der Waals surface area contributed by atoms with Crippen LogP contribution in [0.2, 0.25) is 0 Å². The van der Waals surface area contributed by atoms with Crippen LogP contribution in [0.1, 0.15) is 19.8 Å². The van der Waals surface area contributed by atoms with Crippen LogP contribution >= 0.6 is 0 Å². The van der Waals surface area contributed by atoms with E-state index in [2.05, 4.69) is 5.32 Å². The molecule has 0 aliphatic carbocycles. The zero-order valence-electron chi connectivity index (χ0n) is 7.95. The minimum atomic E-state index is 0.0774. The fraction of sp³-hybridized carbons (Fsp3) is 0.889. The molecule has 2 aliphatic rings. The van der Waals surface area contributed by atoms with Crippen molar-refractivity contribution in [1.82, 2.24) is 10.2 Å². The molecule has 2 unspecified atom stereocenters. The monoisotopic (exact) mass is 184 g/mol. The number of nitrogens with one attached hydrogen (secondary N) is 1. The number of nitrogens with zero attached hydrogens (tertiary/aromatic N) is 1. The zero-order chi connectivity index (χ0) is 9.26. The highest BCUT2D eigenvalue weighted by atomic mass is 16.5. The first-order chi connectivity index (χ1) is 6.27. The van der Waals surface area contributed by atoms with E-state index in [1.807, 2.05) is 11.8 Å². The van der Waals surface area contributed by atoms with Crippen molar-refractivity contribution in [2.75, 3.05) is 19.7 Å². The summed E-state index contributed by atoms with van der Waals surface area (Å²) in [5.74, 6) is 0. The Balaban J connectivity index is 1.79. The molecule has 2 saturated heterocycles. The Morgan fingerprint density at radius 2 is 2.31 bits per heavy atom. The van der Waals surface area contributed by atoms with Crippen molar-refractivity contribution >= 4 is 6.03 Å². The number of hydrogen-bond donors (Lipinski definition) is 1. The molecule has 0 bridgehead atoms. The van der Waals surface area contributed by atoms with Gasteiger partial charge in [0.2, 0.25) is 0 Å². The third-order valence-electron chi connectivity index (χ3n) is 2.83. The van der Waals surface area contributed by atoms with E-state index in [4.69, 9.17) is 4.74 Å². The summed E-state index contributed by atoms with van der Waals surface area (Å²) in [7, 11) is 0.